The number of ether oxygens (including phenoxy) is 1. The van der Waals surface area contributed by atoms with E-state index < -0.39 is 20.3 Å². The molecule has 0 aromatic heterocycles. The van der Waals surface area contributed by atoms with Crippen molar-refractivity contribution >= 4 is 14.0 Å². The van der Waals surface area contributed by atoms with E-state index >= 15 is 0 Å². The Balaban J connectivity index is 2.87. The quantitative estimate of drug-likeness (QED) is 0.536. The van der Waals surface area contributed by atoms with Gasteiger partial charge in [-0.05, 0) is 13.0 Å². The van der Waals surface area contributed by atoms with Gasteiger partial charge < -0.3 is 9.84 Å². The van der Waals surface area contributed by atoms with Crippen molar-refractivity contribution in [2.45, 2.75) is 38.8 Å². The molecule has 13 heavy (non-hydrogen) atoms. The van der Waals surface area contributed by atoms with Gasteiger partial charge in [0.25, 0.3) is 0 Å². The summed E-state index contributed by atoms with van der Waals surface area (Å²) in [5.41, 5.74) is 0. The Bertz CT molecular complexity index is 250. The summed E-state index contributed by atoms with van der Waals surface area (Å²) < 4.78 is 5.02. The van der Waals surface area contributed by atoms with E-state index in [-0.39, 0.29) is 5.97 Å². The predicted molar refractivity (Wildman–Crippen MR) is 53.0 cm³/mol. The maximum absolute atomic E-state index is 11.4. The van der Waals surface area contributed by atoms with E-state index in [0.29, 0.717) is 0 Å². The summed E-state index contributed by atoms with van der Waals surface area (Å²) >= 11 is 0. The van der Waals surface area contributed by atoms with Gasteiger partial charge in [-0.3, -0.25) is 0 Å². The highest BCUT2D eigenvalue weighted by molar-refractivity contribution is 6.87. The van der Waals surface area contributed by atoms with Crippen LogP contribution in [0.15, 0.2) is 11.3 Å². The molecule has 0 aromatic rings. The first kappa shape index (κ1) is 10.5. The third-order valence-corrected chi connectivity index (χ3v) is 4.06. The molecule has 0 amide bonds. The van der Waals surface area contributed by atoms with Gasteiger partial charge in [-0.2, -0.15) is 0 Å². The summed E-state index contributed by atoms with van der Waals surface area (Å²) in [6.07, 6.45) is 0.728. The number of carbonyl (C=O) groups is 1. The first-order chi connectivity index (χ1) is 5.82. The molecule has 0 radical (unpaired) electrons. The second-order valence-electron chi connectivity index (χ2n) is 4.44. The first-order valence-electron chi connectivity index (χ1n) is 4.43. The zero-order valence-electron chi connectivity index (χ0n) is 8.50. The lowest BCUT2D eigenvalue weighted by molar-refractivity contribution is -0.142. The summed E-state index contributed by atoms with van der Waals surface area (Å²) in [6.45, 7) is 7.89. The molecule has 1 unspecified atom stereocenters. The fraction of sp³-hybridized carbons (Fsp3) is 0.667. The van der Waals surface area contributed by atoms with Crippen LogP contribution in [-0.4, -0.2) is 31.4 Å². The minimum atomic E-state index is -1.60. The maximum Gasteiger partial charge on any atom is 0.330 e. The summed E-state index contributed by atoms with van der Waals surface area (Å²) in [7, 11) is -1.60. The van der Waals surface area contributed by atoms with Gasteiger partial charge in [-0.1, -0.05) is 19.6 Å². The fourth-order valence-electron chi connectivity index (χ4n) is 1.25. The van der Waals surface area contributed by atoms with Gasteiger partial charge in [0.1, 0.15) is 6.10 Å². The van der Waals surface area contributed by atoms with E-state index in [1.54, 1.807) is 13.0 Å². The monoisotopic (exact) mass is 200 g/mol. The van der Waals surface area contributed by atoms with E-state index in [1.165, 1.54) is 0 Å². The highest BCUT2D eigenvalue weighted by Crippen LogP contribution is 2.24. The van der Waals surface area contributed by atoms with Crippen LogP contribution < -0.4 is 0 Å². The van der Waals surface area contributed by atoms with Crippen LogP contribution in [0.5, 0.6) is 0 Å². The zero-order valence-corrected chi connectivity index (χ0v) is 9.50. The van der Waals surface area contributed by atoms with Crippen LogP contribution in [0.2, 0.25) is 19.6 Å². The molecule has 0 bridgehead atoms. The number of rotatable bonds is 2. The molecule has 0 saturated carbocycles. The summed E-state index contributed by atoms with van der Waals surface area (Å²) in [6, 6.07) is 0. The minimum Gasteiger partial charge on any atom is -0.452 e. The molecule has 0 fully saturated rings. The van der Waals surface area contributed by atoms with Crippen molar-refractivity contribution in [3.8, 4) is 0 Å². The van der Waals surface area contributed by atoms with Crippen LogP contribution in [0.1, 0.15) is 6.92 Å². The molecule has 1 aliphatic rings. The Morgan fingerprint density at radius 3 is 2.31 bits per heavy atom. The summed E-state index contributed by atoms with van der Waals surface area (Å²) in [5.74, 6) is -0.245. The van der Waals surface area contributed by atoms with E-state index in [2.05, 4.69) is 19.6 Å². The van der Waals surface area contributed by atoms with Crippen LogP contribution in [0.25, 0.3) is 0 Å². The van der Waals surface area contributed by atoms with Crippen LogP contribution in [0.4, 0.5) is 0 Å². The molecule has 2 atom stereocenters. The largest absolute Gasteiger partial charge is 0.452 e. The zero-order chi connectivity index (χ0) is 10.2. The lowest BCUT2D eigenvalue weighted by atomic mass is 10.2. The Labute approximate surface area is 79.4 Å². The lowest BCUT2D eigenvalue weighted by Crippen LogP contribution is -2.28. The van der Waals surface area contributed by atoms with E-state index in [9.17, 15) is 9.90 Å². The second-order valence-corrected chi connectivity index (χ2v) is 9.48. The molecule has 0 aliphatic carbocycles. The maximum atomic E-state index is 11.4. The number of hydrogen-bond donors (Lipinski definition) is 1. The number of hydrogen-bond acceptors (Lipinski definition) is 3. The topological polar surface area (TPSA) is 46.5 Å². The number of cyclic esters (lactones) is 1. The van der Waals surface area contributed by atoms with Gasteiger partial charge in [-0.25, -0.2) is 4.79 Å². The van der Waals surface area contributed by atoms with E-state index in [0.717, 1.165) is 5.20 Å². The smallest absolute Gasteiger partial charge is 0.330 e. The third-order valence-electron chi connectivity index (χ3n) is 2.08. The minimum absolute atomic E-state index is 0.245. The fourth-order valence-corrected chi connectivity index (χ4v) is 2.58. The highest BCUT2D eigenvalue weighted by Gasteiger charge is 2.35. The first-order valence-corrected chi connectivity index (χ1v) is 7.93. The van der Waals surface area contributed by atoms with Gasteiger partial charge in [0.15, 0.2) is 0 Å². The SMILES string of the molecule is C[C@@H](O)C1C=C([Si](C)(C)C)C(=O)O1. The lowest BCUT2D eigenvalue weighted by Gasteiger charge is -2.13. The standard InChI is InChI=1S/C9H16O3Si/c1-6(10)7-5-8(9(11)12-7)13(2,3)4/h5-7,10H,1-4H3/t6-,7?/m1/s1. The van der Waals surface area contributed by atoms with Crippen LogP contribution in [-0.2, 0) is 9.53 Å². The molecule has 74 valence electrons. The van der Waals surface area contributed by atoms with Crippen LogP contribution in [0, 0.1) is 0 Å². The van der Waals surface area contributed by atoms with E-state index in [4.69, 9.17) is 4.74 Å². The van der Waals surface area contributed by atoms with Gasteiger partial charge in [0, 0.05) is 5.20 Å². The molecule has 3 nitrogen and oxygen atoms in total. The molecule has 0 spiro atoms. The molecular weight excluding hydrogens is 184 g/mol. The summed E-state index contributed by atoms with van der Waals surface area (Å²) in [5, 5.41) is 10.0. The highest BCUT2D eigenvalue weighted by atomic mass is 28.3. The number of aliphatic hydroxyl groups excluding tert-OH is 1. The Hall–Kier alpha value is -0.613. The molecule has 4 heteroatoms. The van der Waals surface area contributed by atoms with Crippen LogP contribution in [0.3, 0.4) is 0 Å². The van der Waals surface area contributed by atoms with Crippen molar-refractivity contribution < 1.29 is 14.6 Å². The van der Waals surface area contributed by atoms with Crippen molar-refractivity contribution in [2.75, 3.05) is 0 Å². The Morgan fingerprint density at radius 2 is 2.08 bits per heavy atom. The molecule has 0 saturated heterocycles. The molecular formula is C9H16O3Si. The number of aliphatic hydroxyl groups is 1. The van der Waals surface area contributed by atoms with Gasteiger partial charge in [0.05, 0.1) is 14.2 Å². The molecule has 0 aromatic carbocycles. The number of esters is 1. The molecule has 1 N–H and O–H groups in total. The Kier molecular flexibility index (Phi) is 2.63. The second kappa shape index (κ2) is 3.27. The molecule has 1 heterocycles. The Morgan fingerprint density at radius 1 is 1.54 bits per heavy atom. The average molecular weight is 200 g/mol. The third kappa shape index (κ3) is 2.19. The van der Waals surface area contributed by atoms with Gasteiger partial charge in [0.2, 0.25) is 0 Å². The molecule has 1 rings (SSSR count). The van der Waals surface area contributed by atoms with Gasteiger partial charge >= 0.3 is 5.97 Å². The van der Waals surface area contributed by atoms with Crippen molar-refractivity contribution in [3.05, 3.63) is 11.3 Å². The van der Waals surface area contributed by atoms with Gasteiger partial charge in [-0.15, -0.1) is 0 Å². The average Bonchev–Trinajstić information content (AvgIpc) is 2.29. The normalized spacial score (nSPS) is 25.5. The molecule has 1 aliphatic heterocycles. The van der Waals surface area contributed by atoms with Crippen molar-refractivity contribution in [3.63, 3.8) is 0 Å². The predicted octanol–water partition coefficient (Wildman–Crippen LogP) is 1.10. The van der Waals surface area contributed by atoms with Crippen LogP contribution >= 0.6 is 0 Å². The van der Waals surface area contributed by atoms with Crippen molar-refractivity contribution in [1.29, 1.82) is 0 Å². The van der Waals surface area contributed by atoms with Crippen molar-refractivity contribution in [2.24, 2.45) is 0 Å². The van der Waals surface area contributed by atoms with E-state index in [1.807, 2.05) is 0 Å². The summed E-state index contributed by atoms with van der Waals surface area (Å²) in [4.78, 5) is 11.4. The van der Waals surface area contributed by atoms with Crippen molar-refractivity contribution in [1.82, 2.24) is 0 Å². The number of carbonyl (C=O) groups excluding carboxylic acids is 1.